The first-order valence-corrected chi connectivity index (χ1v) is 7.36. The fourth-order valence-corrected chi connectivity index (χ4v) is 2.50. The summed E-state index contributed by atoms with van der Waals surface area (Å²) in [4.78, 5) is 0. The normalized spacial score (nSPS) is 16.7. The van der Waals surface area contributed by atoms with Crippen LogP contribution in [0.2, 0.25) is 0 Å². The highest BCUT2D eigenvalue weighted by Gasteiger charge is 2.10. The molecule has 0 unspecified atom stereocenters. The van der Waals surface area contributed by atoms with Crippen LogP contribution in [0.1, 0.15) is 38.7 Å². The molecule has 0 aromatic heterocycles. The van der Waals surface area contributed by atoms with E-state index in [1.807, 2.05) is 0 Å². The number of allylic oxidation sites excluding steroid dienone is 4. The second kappa shape index (κ2) is 7.30. The molecule has 0 saturated heterocycles. The Hall–Kier alpha value is -1.34. The second-order valence-electron chi connectivity index (χ2n) is 5.61. The van der Waals surface area contributed by atoms with Gasteiger partial charge in [0, 0.05) is 6.54 Å². The summed E-state index contributed by atoms with van der Waals surface area (Å²) < 4.78 is 0. The van der Waals surface area contributed by atoms with Gasteiger partial charge in [0.1, 0.15) is 0 Å². The molecule has 2 rings (SSSR count). The van der Waals surface area contributed by atoms with Gasteiger partial charge in [-0.15, -0.1) is 0 Å². The standard InChI is InChI=1S/C18H25N/c1-15-8-10-18(11-9-15)16(2)12-13-19-14-17-6-4-3-5-7-17/h3-8,10,16,19H,9,11-14H2,1-2H3/t16-/m1/s1. The zero-order valence-electron chi connectivity index (χ0n) is 12.2. The molecule has 1 nitrogen and oxygen atoms in total. The van der Waals surface area contributed by atoms with Crippen molar-refractivity contribution in [1.29, 1.82) is 0 Å². The minimum Gasteiger partial charge on any atom is -0.313 e. The van der Waals surface area contributed by atoms with Crippen LogP contribution in [-0.4, -0.2) is 6.54 Å². The first-order valence-electron chi connectivity index (χ1n) is 7.36. The average Bonchev–Trinajstić information content (AvgIpc) is 2.45. The molecule has 1 aromatic carbocycles. The zero-order chi connectivity index (χ0) is 13.5. The van der Waals surface area contributed by atoms with E-state index in [-0.39, 0.29) is 0 Å². The number of rotatable bonds is 6. The van der Waals surface area contributed by atoms with Crippen molar-refractivity contribution >= 4 is 0 Å². The lowest BCUT2D eigenvalue weighted by Crippen LogP contribution is -2.18. The van der Waals surface area contributed by atoms with Crippen LogP contribution in [0.25, 0.3) is 0 Å². The lowest BCUT2D eigenvalue weighted by Gasteiger charge is -2.19. The zero-order valence-corrected chi connectivity index (χ0v) is 12.2. The Kier molecular flexibility index (Phi) is 5.41. The molecule has 1 aliphatic carbocycles. The van der Waals surface area contributed by atoms with E-state index in [0.717, 1.165) is 13.1 Å². The third kappa shape index (κ3) is 4.68. The second-order valence-corrected chi connectivity index (χ2v) is 5.61. The molecule has 19 heavy (non-hydrogen) atoms. The maximum absolute atomic E-state index is 3.54. The van der Waals surface area contributed by atoms with Crippen LogP contribution in [0.15, 0.2) is 53.6 Å². The lowest BCUT2D eigenvalue weighted by molar-refractivity contribution is 0.539. The van der Waals surface area contributed by atoms with Crippen LogP contribution in [0.4, 0.5) is 0 Å². The van der Waals surface area contributed by atoms with Gasteiger partial charge >= 0.3 is 0 Å². The fraction of sp³-hybridized carbons (Fsp3) is 0.444. The highest BCUT2D eigenvalue weighted by Crippen LogP contribution is 2.25. The average molecular weight is 255 g/mol. The number of hydrogen-bond donors (Lipinski definition) is 1. The van der Waals surface area contributed by atoms with Crippen molar-refractivity contribution in [2.75, 3.05) is 6.54 Å². The number of nitrogens with one attached hydrogen (secondary N) is 1. The third-order valence-corrected chi connectivity index (χ3v) is 3.95. The Morgan fingerprint density at radius 3 is 2.58 bits per heavy atom. The summed E-state index contributed by atoms with van der Waals surface area (Å²) in [5.41, 5.74) is 4.50. The van der Waals surface area contributed by atoms with Crippen LogP contribution in [-0.2, 0) is 6.54 Å². The van der Waals surface area contributed by atoms with E-state index in [0.29, 0.717) is 5.92 Å². The van der Waals surface area contributed by atoms with Crippen LogP contribution in [0.5, 0.6) is 0 Å². The van der Waals surface area contributed by atoms with Crippen LogP contribution >= 0.6 is 0 Å². The first kappa shape index (κ1) is 14.1. The van der Waals surface area contributed by atoms with Gasteiger partial charge in [-0.05, 0) is 44.2 Å². The molecule has 1 aliphatic rings. The summed E-state index contributed by atoms with van der Waals surface area (Å²) in [5.74, 6) is 0.702. The van der Waals surface area contributed by atoms with Gasteiger partial charge in [0.15, 0.2) is 0 Å². The van der Waals surface area contributed by atoms with E-state index in [9.17, 15) is 0 Å². The minimum absolute atomic E-state index is 0.702. The molecule has 0 spiro atoms. The first-order chi connectivity index (χ1) is 9.25. The van der Waals surface area contributed by atoms with Crippen molar-refractivity contribution in [3.05, 3.63) is 59.2 Å². The summed E-state index contributed by atoms with van der Waals surface area (Å²) in [6.45, 7) is 6.64. The van der Waals surface area contributed by atoms with Crippen LogP contribution in [0.3, 0.4) is 0 Å². The summed E-state index contributed by atoms with van der Waals surface area (Å²) in [7, 11) is 0. The Labute approximate surface area is 117 Å². The van der Waals surface area contributed by atoms with Crippen LogP contribution < -0.4 is 5.32 Å². The largest absolute Gasteiger partial charge is 0.313 e. The summed E-state index contributed by atoms with van der Waals surface area (Å²) in [6.07, 6.45) is 8.34. The molecule has 0 aliphatic heterocycles. The Balaban J connectivity index is 1.68. The SMILES string of the molecule is CC1=CC=C([C@H](C)CCNCc2ccccc2)CC1. The molecular weight excluding hydrogens is 230 g/mol. The van der Waals surface area contributed by atoms with E-state index in [4.69, 9.17) is 0 Å². The van der Waals surface area contributed by atoms with E-state index in [1.165, 1.54) is 30.4 Å². The smallest absolute Gasteiger partial charge is 0.0205 e. The molecule has 1 N–H and O–H groups in total. The third-order valence-electron chi connectivity index (χ3n) is 3.95. The maximum Gasteiger partial charge on any atom is 0.0205 e. The van der Waals surface area contributed by atoms with E-state index >= 15 is 0 Å². The molecular formula is C18H25N. The molecule has 0 radical (unpaired) electrons. The minimum atomic E-state index is 0.702. The van der Waals surface area contributed by atoms with Crippen molar-refractivity contribution in [3.8, 4) is 0 Å². The van der Waals surface area contributed by atoms with Crippen molar-refractivity contribution in [2.45, 2.75) is 39.7 Å². The van der Waals surface area contributed by atoms with Crippen molar-refractivity contribution in [1.82, 2.24) is 5.32 Å². The van der Waals surface area contributed by atoms with Crippen molar-refractivity contribution < 1.29 is 0 Å². The fourth-order valence-electron chi connectivity index (χ4n) is 2.50. The topological polar surface area (TPSA) is 12.0 Å². The quantitative estimate of drug-likeness (QED) is 0.740. The van der Waals surface area contributed by atoms with Gasteiger partial charge in [-0.25, -0.2) is 0 Å². The van der Waals surface area contributed by atoms with Crippen molar-refractivity contribution in [2.24, 2.45) is 5.92 Å². The van der Waals surface area contributed by atoms with Gasteiger partial charge in [-0.2, -0.15) is 0 Å². The number of hydrogen-bond acceptors (Lipinski definition) is 1. The molecule has 0 fully saturated rings. The Bertz CT molecular complexity index is 442. The van der Waals surface area contributed by atoms with Gasteiger partial charge in [0.05, 0.1) is 0 Å². The van der Waals surface area contributed by atoms with Crippen molar-refractivity contribution in [3.63, 3.8) is 0 Å². The summed E-state index contributed by atoms with van der Waals surface area (Å²) >= 11 is 0. The van der Waals surface area contributed by atoms with E-state index in [1.54, 1.807) is 5.57 Å². The summed E-state index contributed by atoms with van der Waals surface area (Å²) in [6, 6.07) is 10.6. The molecule has 1 atom stereocenters. The molecule has 1 aromatic rings. The predicted molar refractivity (Wildman–Crippen MR) is 83.0 cm³/mol. The van der Waals surface area contributed by atoms with Gasteiger partial charge in [-0.3, -0.25) is 0 Å². The predicted octanol–water partition coefficient (Wildman–Crippen LogP) is 4.47. The van der Waals surface area contributed by atoms with Gasteiger partial charge in [-0.1, -0.05) is 60.6 Å². The molecule has 0 heterocycles. The molecule has 1 heteroatoms. The Morgan fingerprint density at radius 1 is 1.11 bits per heavy atom. The Morgan fingerprint density at radius 2 is 1.89 bits per heavy atom. The summed E-state index contributed by atoms with van der Waals surface area (Å²) in [5, 5.41) is 3.54. The van der Waals surface area contributed by atoms with Crippen LogP contribution in [0, 0.1) is 5.92 Å². The highest BCUT2D eigenvalue weighted by atomic mass is 14.8. The molecule has 0 amide bonds. The van der Waals surface area contributed by atoms with E-state index < -0.39 is 0 Å². The van der Waals surface area contributed by atoms with Gasteiger partial charge < -0.3 is 5.32 Å². The van der Waals surface area contributed by atoms with Gasteiger partial charge in [0.2, 0.25) is 0 Å². The molecule has 0 saturated carbocycles. The van der Waals surface area contributed by atoms with E-state index in [2.05, 4.69) is 61.6 Å². The maximum atomic E-state index is 3.54. The van der Waals surface area contributed by atoms with Gasteiger partial charge in [0.25, 0.3) is 0 Å². The number of benzene rings is 1. The molecule has 0 bridgehead atoms. The highest BCUT2D eigenvalue weighted by molar-refractivity contribution is 5.24. The molecule has 102 valence electrons. The lowest BCUT2D eigenvalue weighted by atomic mass is 9.89. The monoisotopic (exact) mass is 255 g/mol.